The number of fused-ring (bicyclic) bond motifs is 1. The van der Waals surface area contributed by atoms with Gasteiger partial charge in [0.15, 0.2) is 0 Å². The van der Waals surface area contributed by atoms with Crippen LogP contribution in [0.15, 0.2) is 53.5 Å². The zero-order valence-electron chi connectivity index (χ0n) is 14.4. The molecule has 0 fully saturated rings. The summed E-state index contributed by atoms with van der Waals surface area (Å²) in [5.41, 5.74) is 2.61. The molecule has 0 saturated heterocycles. The van der Waals surface area contributed by atoms with Crippen LogP contribution in [0.1, 0.15) is 30.5 Å². The van der Waals surface area contributed by atoms with Crippen molar-refractivity contribution in [1.82, 2.24) is 14.8 Å². The quantitative estimate of drug-likeness (QED) is 0.738. The number of hydrogen-bond donors (Lipinski definition) is 1. The molecule has 0 spiro atoms. The van der Waals surface area contributed by atoms with Gasteiger partial charge in [0, 0.05) is 18.4 Å². The van der Waals surface area contributed by atoms with Gasteiger partial charge < -0.3 is 0 Å². The molecule has 6 nitrogen and oxygen atoms in total. The molecule has 2 heterocycles. The van der Waals surface area contributed by atoms with E-state index < -0.39 is 0 Å². The fraction of sp³-hybridized carbons (Fsp3) is 0.158. The molecule has 1 unspecified atom stereocenters. The lowest BCUT2D eigenvalue weighted by atomic mass is 9.96. The third-order valence-electron chi connectivity index (χ3n) is 4.25. The highest BCUT2D eigenvalue weighted by atomic mass is 35.5. The van der Waals surface area contributed by atoms with Crippen molar-refractivity contribution in [2.24, 2.45) is 4.99 Å². The van der Waals surface area contributed by atoms with Crippen LogP contribution >= 0.6 is 11.6 Å². The summed E-state index contributed by atoms with van der Waals surface area (Å²) in [5.74, 6) is -0.00734. The number of benzene rings is 2. The summed E-state index contributed by atoms with van der Waals surface area (Å²) in [7, 11) is 0. The molecular weight excluding hydrogens is 369 g/mol. The summed E-state index contributed by atoms with van der Waals surface area (Å²) in [4.78, 5) is 20.3. The third-order valence-corrected chi connectivity index (χ3v) is 4.50. The second-order valence-corrected chi connectivity index (χ2v) is 6.63. The predicted octanol–water partition coefficient (Wildman–Crippen LogP) is 4.14. The molecule has 1 atom stereocenters. The van der Waals surface area contributed by atoms with E-state index in [-0.39, 0.29) is 23.7 Å². The van der Waals surface area contributed by atoms with Gasteiger partial charge in [-0.2, -0.15) is 4.98 Å². The van der Waals surface area contributed by atoms with Crippen LogP contribution in [0.2, 0.25) is 5.02 Å². The number of aromatic nitrogens is 3. The number of nitrogens with one attached hydrogen (secondary N) is 1. The van der Waals surface area contributed by atoms with E-state index >= 15 is 0 Å². The minimum Gasteiger partial charge on any atom is -0.293 e. The Morgan fingerprint density at radius 1 is 1.19 bits per heavy atom. The van der Waals surface area contributed by atoms with E-state index in [9.17, 15) is 9.18 Å². The highest BCUT2D eigenvalue weighted by molar-refractivity contribution is 6.30. The molecule has 0 radical (unpaired) electrons. The lowest BCUT2D eigenvalue weighted by Crippen LogP contribution is -2.21. The van der Waals surface area contributed by atoms with Crippen LogP contribution in [-0.2, 0) is 4.79 Å². The average molecular weight is 384 g/mol. The molecule has 2 aromatic carbocycles. The monoisotopic (exact) mass is 383 g/mol. The van der Waals surface area contributed by atoms with E-state index in [4.69, 9.17) is 11.6 Å². The van der Waals surface area contributed by atoms with E-state index in [2.05, 4.69) is 20.4 Å². The van der Waals surface area contributed by atoms with Crippen LogP contribution in [0.4, 0.5) is 16.3 Å². The average Bonchev–Trinajstić information content (AvgIpc) is 3.03. The van der Waals surface area contributed by atoms with Crippen LogP contribution in [0.3, 0.4) is 0 Å². The summed E-state index contributed by atoms with van der Waals surface area (Å²) in [6.45, 7) is 1.39. The molecule has 1 aliphatic heterocycles. The van der Waals surface area contributed by atoms with Crippen LogP contribution in [0, 0.1) is 5.82 Å². The number of carbonyl (C=O) groups excluding carboxylic acids is 1. The molecule has 27 heavy (non-hydrogen) atoms. The van der Waals surface area contributed by atoms with Gasteiger partial charge in [-0.1, -0.05) is 35.9 Å². The Morgan fingerprint density at radius 3 is 2.56 bits per heavy atom. The van der Waals surface area contributed by atoms with Crippen molar-refractivity contribution >= 4 is 35.1 Å². The summed E-state index contributed by atoms with van der Waals surface area (Å²) in [6, 6.07) is 13.4. The first-order valence-corrected chi connectivity index (χ1v) is 8.70. The van der Waals surface area contributed by atoms with E-state index in [1.165, 1.54) is 19.1 Å². The molecule has 0 bridgehead atoms. The largest absolute Gasteiger partial charge is 0.293 e. The zero-order valence-corrected chi connectivity index (χ0v) is 15.1. The Kier molecular flexibility index (Phi) is 4.45. The summed E-state index contributed by atoms with van der Waals surface area (Å²) in [6.07, 6.45) is 0.545. The van der Waals surface area contributed by atoms with Crippen molar-refractivity contribution < 1.29 is 9.18 Å². The normalized spacial score (nSPS) is 15.8. The second-order valence-electron chi connectivity index (χ2n) is 6.20. The Balaban J connectivity index is 1.79. The molecule has 1 aliphatic rings. The first kappa shape index (κ1) is 17.4. The molecule has 1 N–H and O–H groups in total. The maximum Gasteiger partial charge on any atom is 0.250 e. The Hall–Kier alpha value is -3.06. The number of hydrogen-bond acceptors (Lipinski definition) is 4. The second kappa shape index (κ2) is 6.92. The van der Waals surface area contributed by atoms with Gasteiger partial charge in [-0.25, -0.2) is 14.1 Å². The van der Waals surface area contributed by atoms with E-state index in [1.54, 1.807) is 28.9 Å². The van der Waals surface area contributed by atoms with Crippen molar-refractivity contribution in [1.29, 1.82) is 0 Å². The number of carbonyl (C=O) groups is 1. The first-order chi connectivity index (χ1) is 13.0. The van der Waals surface area contributed by atoms with E-state index in [0.717, 1.165) is 16.8 Å². The van der Waals surface area contributed by atoms with Crippen LogP contribution < -0.4 is 5.32 Å². The Bertz CT molecular complexity index is 1030. The lowest BCUT2D eigenvalue weighted by Gasteiger charge is -2.23. The zero-order chi connectivity index (χ0) is 19.0. The number of rotatable bonds is 3. The minimum atomic E-state index is -0.307. The van der Waals surface area contributed by atoms with Gasteiger partial charge in [0.1, 0.15) is 5.82 Å². The van der Waals surface area contributed by atoms with Gasteiger partial charge in [0.25, 0.3) is 11.9 Å². The molecule has 8 heteroatoms. The number of anilines is 1. The van der Waals surface area contributed by atoms with Gasteiger partial charge in [0.2, 0.25) is 5.91 Å². The molecule has 136 valence electrons. The fourth-order valence-corrected chi connectivity index (χ4v) is 3.14. The number of aliphatic imine (C=N–C) groups is 1. The first-order valence-electron chi connectivity index (χ1n) is 8.33. The highest BCUT2D eigenvalue weighted by Crippen LogP contribution is 2.33. The van der Waals surface area contributed by atoms with Gasteiger partial charge in [0.05, 0.1) is 11.8 Å². The topological polar surface area (TPSA) is 72.2 Å². The van der Waals surface area contributed by atoms with Crippen LogP contribution in [0.25, 0.3) is 0 Å². The van der Waals surface area contributed by atoms with Crippen molar-refractivity contribution in [3.05, 3.63) is 70.5 Å². The molecular formula is C19H15ClFN5O. The molecule has 1 aromatic heterocycles. The maximum atomic E-state index is 13.4. The molecule has 1 amide bonds. The van der Waals surface area contributed by atoms with E-state index in [1.807, 2.05) is 12.1 Å². The number of halogens is 2. The van der Waals surface area contributed by atoms with Crippen LogP contribution in [-0.4, -0.2) is 26.4 Å². The molecule has 0 saturated carbocycles. The number of amides is 1. The van der Waals surface area contributed by atoms with Gasteiger partial charge in [-0.3, -0.25) is 10.1 Å². The third kappa shape index (κ3) is 3.59. The Morgan fingerprint density at radius 2 is 1.89 bits per heavy atom. The molecule has 3 aromatic rings. The van der Waals surface area contributed by atoms with E-state index in [0.29, 0.717) is 17.4 Å². The lowest BCUT2D eigenvalue weighted by molar-refractivity contribution is -0.114. The summed E-state index contributed by atoms with van der Waals surface area (Å²) in [5, 5.41) is 7.58. The molecule has 0 aliphatic carbocycles. The molecule has 4 rings (SSSR count). The van der Waals surface area contributed by atoms with Crippen molar-refractivity contribution in [2.75, 3.05) is 5.32 Å². The fourth-order valence-electron chi connectivity index (χ4n) is 3.02. The van der Waals surface area contributed by atoms with Crippen molar-refractivity contribution in [3.63, 3.8) is 0 Å². The Labute approximate surface area is 159 Å². The SMILES string of the molecule is CC(=O)Nc1nc2n(n1)C(c1ccc(F)cc1)CC(c1ccc(Cl)cc1)=N2. The minimum absolute atomic E-state index is 0.186. The van der Waals surface area contributed by atoms with Gasteiger partial charge in [-0.15, -0.1) is 5.10 Å². The highest BCUT2D eigenvalue weighted by Gasteiger charge is 2.28. The smallest absolute Gasteiger partial charge is 0.250 e. The van der Waals surface area contributed by atoms with Crippen LogP contribution in [0.5, 0.6) is 0 Å². The van der Waals surface area contributed by atoms with Crippen molar-refractivity contribution in [2.45, 2.75) is 19.4 Å². The van der Waals surface area contributed by atoms with Crippen molar-refractivity contribution in [3.8, 4) is 0 Å². The maximum absolute atomic E-state index is 13.4. The summed E-state index contributed by atoms with van der Waals surface area (Å²) >= 11 is 5.98. The standard InChI is InChI=1S/C19H15ClFN5O/c1-11(27)22-18-24-19-23-16(12-2-6-14(20)7-3-12)10-17(26(19)25-18)13-4-8-15(21)9-5-13/h2-9,17H,10H2,1H3,(H,22,25,27). The van der Waals surface area contributed by atoms with Gasteiger partial charge in [-0.05, 0) is 35.4 Å². The van der Waals surface area contributed by atoms with Gasteiger partial charge >= 0.3 is 0 Å². The predicted molar refractivity (Wildman–Crippen MR) is 101 cm³/mol. The number of nitrogens with zero attached hydrogens (tertiary/aromatic N) is 4. The summed E-state index contributed by atoms with van der Waals surface area (Å²) < 4.78 is 15.0.